The minimum Gasteiger partial charge on any atom is -0.495 e. The largest absolute Gasteiger partial charge is 0.495 e. The number of fused-ring (bicyclic) bond motifs is 1. The van der Waals surface area contributed by atoms with E-state index in [1.807, 2.05) is 38.1 Å². The number of rotatable bonds is 5. The molecule has 4 heterocycles. The smallest absolute Gasteiger partial charge is 0.268 e. The second-order valence-electron chi connectivity index (χ2n) is 8.22. The lowest BCUT2D eigenvalue weighted by Gasteiger charge is -2.30. The van der Waals surface area contributed by atoms with Gasteiger partial charge in [0.05, 0.1) is 31.7 Å². The van der Waals surface area contributed by atoms with Crippen molar-refractivity contribution in [1.82, 2.24) is 19.9 Å². The number of amides is 1. The van der Waals surface area contributed by atoms with Gasteiger partial charge >= 0.3 is 0 Å². The summed E-state index contributed by atoms with van der Waals surface area (Å²) in [5.74, 6) is 1.24. The van der Waals surface area contributed by atoms with Crippen LogP contribution in [-0.4, -0.2) is 60.4 Å². The van der Waals surface area contributed by atoms with Gasteiger partial charge < -0.3 is 29.6 Å². The van der Waals surface area contributed by atoms with Crippen LogP contribution in [0.4, 0.5) is 17.3 Å². The van der Waals surface area contributed by atoms with Crippen LogP contribution in [0.3, 0.4) is 0 Å². The number of ether oxygens (including phenoxy) is 2. The van der Waals surface area contributed by atoms with Gasteiger partial charge in [-0.25, -0.2) is 9.97 Å². The molecule has 33 heavy (non-hydrogen) atoms. The molecule has 9 heteroatoms. The molecule has 2 aromatic heterocycles. The SMILES string of the molecule is COc1cc(Nc2nccc(-c3c(C)c4n(c3C)CCNC4=O)n2)ccc1N1CCOCC1. The molecule has 1 saturated heterocycles. The number of morpholine rings is 1. The Bertz CT molecular complexity index is 1200. The van der Waals surface area contributed by atoms with Gasteiger partial charge in [0.1, 0.15) is 11.4 Å². The summed E-state index contributed by atoms with van der Waals surface area (Å²) in [6, 6.07) is 7.89. The van der Waals surface area contributed by atoms with Crippen molar-refractivity contribution in [2.45, 2.75) is 20.4 Å². The molecule has 1 fully saturated rings. The van der Waals surface area contributed by atoms with Crippen molar-refractivity contribution in [3.63, 3.8) is 0 Å². The maximum Gasteiger partial charge on any atom is 0.268 e. The quantitative estimate of drug-likeness (QED) is 0.620. The Morgan fingerprint density at radius 3 is 2.73 bits per heavy atom. The maximum atomic E-state index is 12.4. The van der Waals surface area contributed by atoms with Gasteiger partial charge in [-0.2, -0.15) is 0 Å². The highest BCUT2D eigenvalue weighted by molar-refractivity contribution is 5.97. The highest BCUT2D eigenvalue weighted by Crippen LogP contribution is 2.34. The van der Waals surface area contributed by atoms with Crippen LogP contribution in [0, 0.1) is 13.8 Å². The molecule has 172 valence electrons. The molecular weight excluding hydrogens is 420 g/mol. The number of hydrogen-bond donors (Lipinski definition) is 2. The van der Waals surface area contributed by atoms with Crippen molar-refractivity contribution in [3.8, 4) is 17.0 Å². The molecule has 0 bridgehead atoms. The van der Waals surface area contributed by atoms with Crippen molar-refractivity contribution >= 4 is 23.2 Å². The van der Waals surface area contributed by atoms with Gasteiger partial charge in [0.2, 0.25) is 5.95 Å². The third-order valence-corrected chi connectivity index (χ3v) is 6.30. The van der Waals surface area contributed by atoms with E-state index in [2.05, 4.69) is 25.1 Å². The summed E-state index contributed by atoms with van der Waals surface area (Å²) in [6.45, 7) is 8.53. The van der Waals surface area contributed by atoms with E-state index in [1.54, 1.807) is 13.3 Å². The number of anilines is 3. The average molecular weight is 449 g/mol. The van der Waals surface area contributed by atoms with E-state index in [1.165, 1.54) is 0 Å². The molecule has 9 nitrogen and oxygen atoms in total. The second kappa shape index (κ2) is 8.74. The van der Waals surface area contributed by atoms with Gasteiger partial charge in [0.15, 0.2) is 0 Å². The zero-order chi connectivity index (χ0) is 22.9. The molecular formula is C24H28N6O3. The van der Waals surface area contributed by atoms with Gasteiger partial charge in [0, 0.05) is 55.4 Å². The van der Waals surface area contributed by atoms with Crippen molar-refractivity contribution in [3.05, 3.63) is 47.4 Å². The molecule has 0 unspecified atom stereocenters. The first-order valence-corrected chi connectivity index (χ1v) is 11.2. The van der Waals surface area contributed by atoms with Gasteiger partial charge in [-0.15, -0.1) is 0 Å². The summed E-state index contributed by atoms with van der Waals surface area (Å²) in [5.41, 5.74) is 6.34. The van der Waals surface area contributed by atoms with E-state index in [4.69, 9.17) is 14.5 Å². The Morgan fingerprint density at radius 1 is 1.15 bits per heavy atom. The molecule has 0 aliphatic carbocycles. The second-order valence-corrected chi connectivity index (χ2v) is 8.22. The standard InChI is InChI=1S/C24H28N6O3/c1-15-21(16(2)30-9-8-25-23(31)22(15)30)18-6-7-26-24(28-18)27-17-4-5-19(20(14-17)32-3)29-10-12-33-13-11-29/h4-7,14H,8-13H2,1-3H3,(H,25,31)(H,26,27,28). The number of carbonyl (C=O) groups is 1. The fourth-order valence-electron chi connectivity index (χ4n) is 4.72. The number of benzene rings is 1. The lowest BCUT2D eigenvalue weighted by atomic mass is 10.1. The summed E-state index contributed by atoms with van der Waals surface area (Å²) in [6.07, 6.45) is 1.74. The van der Waals surface area contributed by atoms with Crippen molar-refractivity contribution in [2.75, 3.05) is 50.2 Å². The van der Waals surface area contributed by atoms with Gasteiger partial charge in [-0.3, -0.25) is 4.79 Å². The summed E-state index contributed by atoms with van der Waals surface area (Å²) < 4.78 is 13.2. The number of methoxy groups -OCH3 is 1. The molecule has 0 radical (unpaired) electrons. The molecule has 0 spiro atoms. The summed E-state index contributed by atoms with van der Waals surface area (Å²) >= 11 is 0. The van der Waals surface area contributed by atoms with E-state index in [0.717, 1.165) is 59.3 Å². The molecule has 2 aliphatic heterocycles. The fraction of sp³-hybridized carbons (Fsp3) is 0.375. The summed E-state index contributed by atoms with van der Waals surface area (Å²) in [7, 11) is 1.68. The lowest BCUT2D eigenvalue weighted by molar-refractivity contribution is 0.0926. The molecule has 0 saturated carbocycles. The van der Waals surface area contributed by atoms with E-state index < -0.39 is 0 Å². The average Bonchev–Trinajstić information content (AvgIpc) is 3.10. The molecule has 3 aromatic rings. The van der Waals surface area contributed by atoms with E-state index >= 15 is 0 Å². The van der Waals surface area contributed by atoms with E-state index in [0.29, 0.717) is 31.4 Å². The normalized spacial score (nSPS) is 15.7. The zero-order valence-corrected chi connectivity index (χ0v) is 19.1. The Balaban J connectivity index is 1.44. The van der Waals surface area contributed by atoms with Crippen LogP contribution < -0.4 is 20.3 Å². The third-order valence-electron chi connectivity index (χ3n) is 6.30. The molecule has 2 aliphatic rings. The highest BCUT2D eigenvalue weighted by atomic mass is 16.5. The Labute approximate surface area is 192 Å². The monoisotopic (exact) mass is 448 g/mol. The Hall–Kier alpha value is -3.59. The van der Waals surface area contributed by atoms with Gasteiger partial charge in [0.25, 0.3) is 5.91 Å². The number of nitrogens with zero attached hydrogens (tertiary/aromatic N) is 4. The third kappa shape index (κ3) is 3.89. The Kier molecular flexibility index (Phi) is 5.63. The number of carbonyl (C=O) groups excluding carboxylic acids is 1. The van der Waals surface area contributed by atoms with Gasteiger partial charge in [-0.1, -0.05) is 0 Å². The first-order chi connectivity index (χ1) is 16.1. The van der Waals surface area contributed by atoms with Crippen LogP contribution in [0.5, 0.6) is 5.75 Å². The topological polar surface area (TPSA) is 93.5 Å². The van der Waals surface area contributed by atoms with E-state index in [-0.39, 0.29) is 5.91 Å². The minimum atomic E-state index is -0.0343. The maximum absolute atomic E-state index is 12.4. The fourth-order valence-corrected chi connectivity index (χ4v) is 4.72. The van der Waals surface area contributed by atoms with Crippen molar-refractivity contribution in [2.24, 2.45) is 0 Å². The molecule has 5 rings (SSSR count). The van der Waals surface area contributed by atoms with Crippen LogP contribution >= 0.6 is 0 Å². The van der Waals surface area contributed by atoms with Crippen LogP contribution in [0.15, 0.2) is 30.5 Å². The zero-order valence-electron chi connectivity index (χ0n) is 19.1. The predicted molar refractivity (Wildman–Crippen MR) is 127 cm³/mol. The summed E-state index contributed by atoms with van der Waals surface area (Å²) in [4.78, 5) is 23.8. The van der Waals surface area contributed by atoms with Gasteiger partial charge in [-0.05, 0) is 37.6 Å². The van der Waals surface area contributed by atoms with Crippen molar-refractivity contribution in [1.29, 1.82) is 0 Å². The van der Waals surface area contributed by atoms with Crippen molar-refractivity contribution < 1.29 is 14.3 Å². The van der Waals surface area contributed by atoms with Crippen LogP contribution in [0.25, 0.3) is 11.3 Å². The molecule has 2 N–H and O–H groups in total. The minimum absolute atomic E-state index is 0.0343. The number of nitrogens with one attached hydrogen (secondary N) is 2. The van der Waals surface area contributed by atoms with Crippen LogP contribution in [0.2, 0.25) is 0 Å². The van der Waals surface area contributed by atoms with Crippen LogP contribution in [0.1, 0.15) is 21.7 Å². The number of aromatic nitrogens is 3. The number of hydrogen-bond acceptors (Lipinski definition) is 7. The highest BCUT2D eigenvalue weighted by Gasteiger charge is 2.26. The Morgan fingerprint density at radius 2 is 1.97 bits per heavy atom. The predicted octanol–water partition coefficient (Wildman–Crippen LogP) is 2.89. The lowest BCUT2D eigenvalue weighted by Crippen LogP contribution is -2.36. The molecule has 0 atom stereocenters. The molecule has 1 aromatic carbocycles. The molecule has 1 amide bonds. The van der Waals surface area contributed by atoms with E-state index in [9.17, 15) is 4.79 Å². The summed E-state index contributed by atoms with van der Waals surface area (Å²) in [5, 5.41) is 6.22. The first kappa shape index (κ1) is 21.3. The van der Waals surface area contributed by atoms with Crippen LogP contribution in [-0.2, 0) is 11.3 Å². The first-order valence-electron chi connectivity index (χ1n) is 11.2.